The summed E-state index contributed by atoms with van der Waals surface area (Å²) in [5.41, 5.74) is 2.22. The zero-order valence-corrected chi connectivity index (χ0v) is 14.7. The van der Waals surface area contributed by atoms with Crippen molar-refractivity contribution in [2.75, 3.05) is 4.72 Å². The summed E-state index contributed by atoms with van der Waals surface area (Å²) in [7, 11) is -3.72. The number of nitrogens with zero attached hydrogens (tertiary/aromatic N) is 3. The van der Waals surface area contributed by atoms with E-state index in [0.717, 1.165) is 5.69 Å². The molecule has 0 amide bonds. The number of nitrogens with one attached hydrogen (secondary N) is 2. The Bertz CT molecular complexity index is 781. The predicted octanol–water partition coefficient (Wildman–Crippen LogP) is 2.34. The molecule has 2 N–H and O–H groups in total. The van der Waals surface area contributed by atoms with Gasteiger partial charge in [0.05, 0.1) is 29.0 Å². The van der Waals surface area contributed by atoms with Gasteiger partial charge < -0.3 is 0 Å². The van der Waals surface area contributed by atoms with Gasteiger partial charge in [-0.15, -0.1) is 0 Å². The number of aromatic amines is 1. The summed E-state index contributed by atoms with van der Waals surface area (Å²) in [6.45, 7) is 12.1. The van der Waals surface area contributed by atoms with Crippen LogP contribution in [0, 0.1) is 13.8 Å². The Labute approximate surface area is 131 Å². The molecule has 0 unspecified atom stereocenters. The first-order chi connectivity index (χ1) is 10.1. The van der Waals surface area contributed by atoms with E-state index in [2.05, 4.69) is 20.0 Å². The van der Waals surface area contributed by atoms with Crippen LogP contribution in [0.5, 0.6) is 0 Å². The standard InChI is InChI=1S/C14H23N5O2S/c1-7-19-10(3)12(9(2)17-19)18-22(20,21)11-8-15-16-13(11)14(4,5)6/h8,18H,7H2,1-6H3,(H,15,16). The van der Waals surface area contributed by atoms with E-state index >= 15 is 0 Å². The molecule has 0 bridgehead atoms. The van der Waals surface area contributed by atoms with Gasteiger partial charge in [0.15, 0.2) is 0 Å². The predicted molar refractivity (Wildman–Crippen MR) is 85.5 cm³/mol. The van der Waals surface area contributed by atoms with Crippen LogP contribution in [0.1, 0.15) is 44.8 Å². The Hall–Kier alpha value is -1.83. The summed E-state index contributed by atoms with van der Waals surface area (Å²) in [5.74, 6) is 0. The molecular weight excluding hydrogens is 302 g/mol. The molecule has 122 valence electrons. The summed E-state index contributed by atoms with van der Waals surface area (Å²) in [5, 5.41) is 11.0. The molecule has 0 aliphatic carbocycles. The first-order valence-electron chi connectivity index (χ1n) is 7.18. The van der Waals surface area contributed by atoms with Gasteiger partial charge in [0, 0.05) is 12.0 Å². The van der Waals surface area contributed by atoms with Crippen molar-refractivity contribution in [3.8, 4) is 0 Å². The number of H-pyrrole nitrogens is 1. The van der Waals surface area contributed by atoms with Crippen LogP contribution in [0.2, 0.25) is 0 Å². The van der Waals surface area contributed by atoms with E-state index in [4.69, 9.17) is 0 Å². The summed E-state index contributed by atoms with van der Waals surface area (Å²) in [6.07, 6.45) is 1.35. The number of hydrogen-bond donors (Lipinski definition) is 2. The zero-order valence-electron chi connectivity index (χ0n) is 13.9. The zero-order chi connectivity index (χ0) is 16.7. The minimum Gasteiger partial charge on any atom is -0.281 e. The van der Waals surface area contributed by atoms with E-state index in [0.29, 0.717) is 23.6 Å². The molecule has 7 nitrogen and oxygen atoms in total. The molecule has 0 saturated carbocycles. The Balaban J connectivity index is 2.46. The first kappa shape index (κ1) is 16.5. The second kappa shape index (κ2) is 5.42. The summed E-state index contributed by atoms with van der Waals surface area (Å²) >= 11 is 0. The SMILES string of the molecule is CCn1nc(C)c(NS(=O)(=O)c2cn[nH]c2C(C)(C)C)c1C. The van der Waals surface area contributed by atoms with Crippen LogP contribution in [-0.2, 0) is 22.0 Å². The summed E-state index contributed by atoms with van der Waals surface area (Å²) in [4.78, 5) is 0.169. The topological polar surface area (TPSA) is 92.7 Å². The van der Waals surface area contributed by atoms with Crippen LogP contribution >= 0.6 is 0 Å². The number of aryl methyl sites for hydroxylation is 2. The highest BCUT2D eigenvalue weighted by Gasteiger charge is 2.29. The molecule has 0 spiro atoms. The molecule has 22 heavy (non-hydrogen) atoms. The van der Waals surface area contributed by atoms with Crippen molar-refractivity contribution < 1.29 is 8.42 Å². The Kier molecular flexibility index (Phi) is 4.08. The van der Waals surface area contributed by atoms with Gasteiger partial charge in [-0.3, -0.25) is 14.5 Å². The fraction of sp³-hybridized carbons (Fsp3) is 0.571. The van der Waals surface area contributed by atoms with Crippen molar-refractivity contribution in [2.24, 2.45) is 0 Å². The quantitative estimate of drug-likeness (QED) is 0.902. The van der Waals surface area contributed by atoms with Crippen LogP contribution in [0.25, 0.3) is 0 Å². The molecule has 2 rings (SSSR count). The minimum atomic E-state index is -3.72. The van der Waals surface area contributed by atoms with Crippen molar-refractivity contribution in [3.63, 3.8) is 0 Å². The Morgan fingerprint density at radius 2 is 1.95 bits per heavy atom. The van der Waals surface area contributed by atoms with Gasteiger partial charge in [-0.2, -0.15) is 10.2 Å². The lowest BCUT2D eigenvalue weighted by Gasteiger charge is -2.18. The first-order valence-corrected chi connectivity index (χ1v) is 8.67. The monoisotopic (exact) mass is 325 g/mol. The molecule has 2 heterocycles. The summed E-state index contributed by atoms with van der Waals surface area (Å²) < 4.78 is 29.9. The number of hydrogen-bond acceptors (Lipinski definition) is 4. The lowest BCUT2D eigenvalue weighted by Crippen LogP contribution is -2.20. The Morgan fingerprint density at radius 1 is 1.32 bits per heavy atom. The molecular formula is C14H23N5O2S. The second-order valence-corrected chi connectivity index (χ2v) is 7.98. The lowest BCUT2D eigenvalue weighted by atomic mass is 9.92. The van der Waals surface area contributed by atoms with Gasteiger partial charge in [-0.05, 0) is 20.8 Å². The molecule has 2 aromatic heterocycles. The molecule has 0 fully saturated rings. The molecule has 0 aliphatic rings. The highest BCUT2D eigenvalue weighted by atomic mass is 32.2. The lowest BCUT2D eigenvalue weighted by molar-refractivity contribution is 0.547. The number of aromatic nitrogens is 4. The molecule has 0 saturated heterocycles. The fourth-order valence-corrected chi connectivity index (χ4v) is 3.84. The smallest absolute Gasteiger partial charge is 0.265 e. The van der Waals surface area contributed by atoms with Crippen LogP contribution in [-0.4, -0.2) is 28.4 Å². The van der Waals surface area contributed by atoms with E-state index < -0.39 is 10.0 Å². The maximum atomic E-state index is 12.7. The van der Waals surface area contributed by atoms with Crippen molar-refractivity contribution in [3.05, 3.63) is 23.3 Å². The maximum Gasteiger partial charge on any atom is 0.265 e. The molecule has 0 radical (unpaired) electrons. The summed E-state index contributed by atoms with van der Waals surface area (Å²) in [6, 6.07) is 0. The number of sulfonamides is 1. The van der Waals surface area contributed by atoms with Gasteiger partial charge in [0.25, 0.3) is 10.0 Å². The van der Waals surface area contributed by atoms with Crippen LogP contribution in [0.15, 0.2) is 11.1 Å². The largest absolute Gasteiger partial charge is 0.281 e. The van der Waals surface area contributed by atoms with Crippen molar-refractivity contribution in [1.29, 1.82) is 0 Å². The third kappa shape index (κ3) is 2.87. The fourth-order valence-electron chi connectivity index (χ4n) is 2.36. The normalized spacial score (nSPS) is 12.6. The second-order valence-electron chi connectivity index (χ2n) is 6.33. The third-order valence-electron chi connectivity index (χ3n) is 3.56. The Morgan fingerprint density at radius 3 is 2.45 bits per heavy atom. The van der Waals surface area contributed by atoms with Gasteiger partial charge in [-0.25, -0.2) is 8.42 Å². The van der Waals surface area contributed by atoms with Gasteiger partial charge in [0.2, 0.25) is 0 Å². The van der Waals surface area contributed by atoms with Crippen LogP contribution < -0.4 is 4.72 Å². The maximum absolute atomic E-state index is 12.7. The van der Waals surface area contributed by atoms with E-state index in [-0.39, 0.29) is 10.3 Å². The molecule has 0 aliphatic heterocycles. The average molecular weight is 325 g/mol. The van der Waals surface area contributed by atoms with Crippen molar-refractivity contribution in [2.45, 2.75) is 58.4 Å². The van der Waals surface area contributed by atoms with E-state index in [1.54, 1.807) is 11.6 Å². The molecule has 2 aromatic rings. The van der Waals surface area contributed by atoms with Crippen LogP contribution in [0.4, 0.5) is 5.69 Å². The number of rotatable bonds is 4. The van der Waals surface area contributed by atoms with E-state index in [1.807, 2.05) is 34.6 Å². The van der Waals surface area contributed by atoms with Gasteiger partial charge >= 0.3 is 0 Å². The highest BCUT2D eigenvalue weighted by molar-refractivity contribution is 7.92. The van der Waals surface area contributed by atoms with Crippen molar-refractivity contribution in [1.82, 2.24) is 20.0 Å². The van der Waals surface area contributed by atoms with Crippen molar-refractivity contribution >= 4 is 15.7 Å². The van der Waals surface area contributed by atoms with E-state index in [1.165, 1.54) is 6.20 Å². The molecule has 0 aromatic carbocycles. The van der Waals surface area contributed by atoms with Gasteiger partial charge in [0.1, 0.15) is 4.90 Å². The van der Waals surface area contributed by atoms with Gasteiger partial charge in [-0.1, -0.05) is 20.8 Å². The number of anilines is 1. The van der Waals surface area contributed by atoms with Crippen LogP contribution in [0.3, 0.4) is 0 Å². The molecule has 8 heteroatoms. The average Bonchev–Trinajstić information content (AvgIpc) is 2.99. The van der Waals surface area contributed by atoms with E-state index in [9.17, 15) is 8.42 Å². The molecule has 0 atom stereocenters. The minimum absolute atomic E-state index is 0.169. The highest BCUT2D eigenvalue weighted by Crippen LogP contribution is 2.29. The third-order valence-corrected chi connectivity index (χ3v) is 4.92.